The van der Waals surface area contributed by atoms with Gasteiger partial charge in [0, 0.05) is 17.6 Å². The number of benzene rings is 2. The first-order valence-electron chi connectivity index (χ1n) is 10.3. The van der Waals surface area contributed by atoms with Crippen molar-refractivity contribution in [1.82, 2.24) is 4.90 Å². The van der Waals surface area contributed by atoms with E-state index < -0.39 is 12.0 Å². The first kappa shape index (κ1) is 20.9. The predicted molar refractivity (Wildman–Crippen MR) is 120 cm³/mol. The van der Waals surface area contributed by atoms with Gasteiger partial charge in [-0.2, -0.15) is 0 Å². The van der Waals surface area contributed by atoms with E-state index in [9.17, 15) is 14.4 Å². The lowest BCUT2D eigenvalue weighted by molar-refractivity contribution is 0.0486. The zero-order valence-corrected chi connectivity index (χ0v) is 18.9. The highest BCUT2D eigenvalue weighted by molar-refractivity contribution is 9.10. The molecule has 2 aliphatic rings. The van der Waals surface area contributed by atoms with E-state index in [1.54, 1.807) is 47.4 Å². The summed E-state index contributed by atoms with van der Waals surface area (Å²) in [6.07, 6.45) is 1.70. The summed E-state index contributed by atoms with van der Waals surface area (Å²) in [5.74, 6) is -0.727. The lowest BCUT2D eigenvalue weighted by Crippen LogP contribution is -2.36. The van der Waals surface area contributed by atoms with Crippen molar-refractivity contribution in [3.8, 4) is 0 Å². The Morgan fingerprint density at radius 2 is 1.97 bits per heavy atom. The molecule has 7 nitrogen and oxygen atoms in total. The minimum Gasteiger partial charge on any atom is -0.465 e. The molecule has 164 valence electrons. The third-order valence-corrected chi connectivity index (χ3v) is 6.49. The lowest BCUT2D eigenvalue weighted by atomic mass is 9.97. The summed E-state index contributed by atoms with van der Waals surface area (Å²) in [5, 5.41) is 0.404. The number of ether oxygens (including phenoxy) is 2. The van der Waals surface area contributed by atoms with E-state index >= 15 is 0 Å². The lowest BCUT2D eigenvalue weighted by Gasteiger charge is -2.27. The highest BCUT2D eigenvalue weighted by atomic mass is 79.9. The third kappa shape index (κ3) is 3.43. The van der Waals surface area contributed by atoms with Gasteiger partial charge in [0.15, 0.2) is 5.43 Å². The molecule has 1 amide bonds. The van der Waals surface area contributed by atoms with Crippen molar-refractivity contribution in [3.63, 3.8) is 0 Å². The summed E-state index contributed by atoms with van der Waals surface area (Å²) in [4.78, 5) is 40.4. The Bertz CT molecular complexity index is 1280. The standard InChI is InChI=1S/C24H20BrNO6/c1-30-24(29)14-6-4-13(5-7-14)20-19-21(27)17-11-15(25)8-9-18(17)32-22(19)23(28)26(20)12-16-3-2-10-31-16/h4-9,11,16,20H,2-3,10,12H2,1H3/t16-,20-/m0/s1. The number of amides is 1. The second-order valence-corrected chi connectivity index (χ2v) is 8.84. The minimum atomic E-state index is -0.631. The molecule has 1 saturated heterocycles. The number of rotatable bonds is 4. The van der Waals surface area contributed by atoms with Gasteiger partial charge in [-0.1, -0.05) is 28.1 Å². The van der Waals surface area contributed by atoms with Crippen LogP contribution < -0.4 is 5.43 Å². The number of methoxy groups -OCH3 is 1. The topological polar surface area (TPSA) is 86.0 Å². The van der Waals surface area contributed by atoms with Crippen LogP contribution in [0.25, 0.3) is 11.0 Å². The van der Waals surface area contributed by atoms with Crippen molar-refractivity contribution in [2.24, 2.45) is 0 Å². The SMILES string of the molecule is COC(=O)c1ccc([C@H]2c3c(oc4ccc(Br)cc4c3=O)C(=O)N2C[C@@H]2CCCO2)cc1. The van der Waals surface area contributed by atoms with E-state index in [0.29, 0.717) is 40.8 Å². The van der Waals surface area contributed by atoms with Gasteiger partial charge in [0.2, 0.25) is 5.76 Å². The molecule has 8 heteroatoms. The molecule has 2 aromatic carbocycles. The van der Waals surface area contributed by atoms with Crippen LogP contribution in [0.3, 0.4) is 0 Å². The summed E-state index contributed by atoms with van der Waals surface area (Å²) in [6, 6.07) is 11.3. The summed E-state index contributed by atoms with van der Waals surface area (Å²) >= 11 is 3.40. The molecule has 1 fully saturated rings. The fourth-order valence-electron chi connectivity index (χ4n) is 4.45. The molecule has 5 rings (SSSR count). The molecule has 1 aromatic heterocycles. The zero-order chi connectivity index (χ0) is 22.4. The summed E-state index contributed by atoms with van der Waals surface area (Å²) in [5.41, 5.74) is 1.53. The number of hydrogen-bond acceptors (Lipinski definition) is 6. The fraction of sp³-hybridized carbons (Fsp3) is 0.292. The Labute approximate surface area is 192 Å². The Morgan fingerprint density at radius 1 is 1.19 bits per heavy atom. The number of fused-ring (bicyclic) bond motifs is 2. The van der Waals surface area contributed by atoms with E-state index in [1.807, 2.05) is 0 Å². The van der Waals surface area contributed by atoms with Crippen LogP contribution in [0.4, 0.5) is 0 Å². The van der Waals surface area contributed by atoms with Gasteiger partial charge in [0.05, 0.1) is 35.8 Å². The maximum absolute atomic E-state index is 13.5. The molecule has 0 saturated carbocycles. The number of nitrogens with zero attached hydrogens (tertiary/aromatic N) is 1. The van der Waals surface area contributed by atoms with Gasteiger partial charge in [-0.05, 0) is 48.7 Å². The van der Waals surface area contributed by atoms with E-state index in [0.717, 1.165) is 17.3 Å². The highest BCUT2D eigenvalue weighted by Gasteiger charge is 2.44. The Morgan fingerprint density at radius 3 is 2.66 bits per heavy atom. The van der Waals surface area contributed by atoms with Gasteiger partial charge in [0.1, 0.15) is 5.58 Å². The molecule has 0 spiro atoms. The van der Waals surface area contributed by atoms with Crippen molar-refractivity contribution < 1.29 is 23.5 Å². The van der Waals surface area contributed by atoms with Crippen LogP contribution in [0.5, 0.6) is 0 Å². The zero-order valence-electron chi connectivity index (χ0n) is 17.3. The Balaban J connectivity index is 1.66. The van der Waals surface area contributed by atoms with Crippen molar-refractivity contribution >= 4 is 38.8 Å². The maximum Gasteiger partial charge on any atom is 0.337 e. The largest absolute Gasteiger partial charge is 0.465 e. The molecule has 0 N–H and O–H groups in total. The molecule has 2 atom stereocenters. The van der Waals surface area contributed by atoms with Gasteiger partial charge in [-0.25, -0.2) is 4.79 Å². The third-order valence-electron chi connectivity index (χ3n) is 6.00. The van der Waals surface area contributed by atoms with E-state index in [4.69, 9.17) is 13.9 Å². The van der Waals surface area contributed by atoms with Gasteiger partial charge in [0.25, 0.3) is 5.91 Å². The number of esters is 1. The molecular weight excluding hydrogens is 478 g/mol. The van der Waals surface area contributed by atoms with Gasteiger partial charge >= 0.3 is 5.97 Å². The van der Waals surface area contributed by atoms with Gasteiger partial charge < -0.3 is 18.8 Å². The molecule has 0 radical (unpaired) electrons. The van der Waals surface area contributed by atoms with Gasteiger partial charge in [-0.3, -0.25) is 9.59 Å². The molecule has 3 heterocycles. The Kier molecular flexibility index (Phi) is 5.35. The van der Waals surface area contributed by atoms with E-state index in [1.165, 1.54) is 7.11 Å². The van der Waals surface area contributed by atoms with Crippen LogP contribution >= 0.6 is 15.9 Å². The van der Waals surface area contributed by atoms with Crippen LogP contribution in [-0.2, 0) is 9.47 Å². The molecular formula is C24H20BrNO6. The first-order chi connectivity index (χ1) is 15.5. The summed E-state index contributed by atoms with van der Waals surface area (Å²) in [7, 11) is 1.32. The van der Waals surface area contributed by atoms with Crippen molar-refractivity contribution in [3.05, 3.63) is 79.6 Å². The second kappa shape index (κ2) is 8.18. The first-order valence-corrected chi connectivity index (χ1v) is 11.1. The predicted octanol–water partition coefficient (Wildman–Crippen LogP) is 4.07. The Hall–Kier alpha value is -2.97. The van der Waals surface area contributed by atoms with Crippen LogP contribution in [-0.4, -0.2) is 43.1 Å². The molecule has 0 unspecified atom stereocenters. The fourth-order valence-corrected chi connectivity index (χ4v) is 4.82. The minimum absolute atomic E-state index is 0.0601. The average Bonchev–Trinajstić information content (AvgIpc) is 3.41. The van der Waals surface area contributed by atoms with Gasteiger partial charge in [-0.15, -0.1) is 0 Å². The normalized spacial score (nSPS) is 20.1. The van der Waals surface area contributed by atoms with Crippen LogP contribution in [0, 0.1) is 0 Å². The molecule has 32 heavy (non-hydrogen) atoms. The monoisotopic (exact) mass is 497 g/mol. The maximum atomic E-state index is 13.5. The summed E-state index contributed by atoms with van der Waals surface area (Å²) < 4.78 is 17.2. The van der Waals surface area contributed by atoms with E-state index in [-0.39, 0.29) is 23.2 Å². The average molecular weight is 498 g/mol. The molecule has 0 aliphatic carbocycles. The number of hydrogen-bond donors (Lipinski definition) is 0. The molecule has 0 bridgehead atoms. The van der Waals surface area contributed by atoms with Crippen LogP contribution in [0.1, 0.15) is 50.9 Å². The van der Waals surface area contributed by atoms with E-state index in [2.05, 4.69) is 15.9 Å². The number of carbonyl (C=O) groups is 2. The molecule has 3 aromatic rings. The smallest absolute Gasteiger partial charge is 0.337 e. The highest BCUT2D eigenvalue weighted by Crippen LogP contribution is 2.39. The number of carbonyl (C=O) groups excluding carboxylic acids is 2. The van der Waals surface area contributed by atoms with Crippen LogP contribution in [0.15, 0.2) is 56.1 Å². The van der Waals surface area contributed by atoms with Crippen molar-refractivity contribution in [2.75, 3.05) is 20.3 Å². The quantitative estimate of drug-likeness (QED) is 0.505. The second-order valence-electron chi connectivity index (χ2n) is 7.92. The molecule has 2 aliphatic heterocycles. The van der Waals surface area contributed by atoms with Crippen molar-refractivity contribution in [1.29, 1.82) is 0 Å². The summed E-state index contributed by atoms with van der Waals surface area (Å²) in [6.45, 7) is 1.01. The van der Waals surface area contributed by atoms with Crippen LogP contribution in [0.2, 0.25) is 0 Å². The number of halogens is 1. The van der Waals surface area contributed by atoms with Crippen molar-refractivity contribution in [2.45, 2.75) is 25.0 Å².